The number of ether oxygens (including phenoxy) is 2. The molecule has 0 bridgehead atoms. The molecule has 0 saturated heterocycles. The van der Waals surface area contributed by atoms with Crippen molar-refractivity contribution >= 4 is 45.9 Å². The van der Waals surface area contributed by atoms with E-state index in [4.69, 9.17) is 21.1 Å². The average molecular weight is 491 g/mol. The number of halogens is 2. The van der Waals surface area contributed by atoms with Crippen LogP contribution in [0.3, 0.4) is 0 Å². The lowest BCUT2D eigenvalue weighted by molar-refractivity contribution is -0.119. The fourth-order valence-electron chi connectivity index (χ4n) is 3.56. The number of fused-ring (bicyclic) bond motifs is 1. The molecule has 1 amide bonds. The molecule has 2 N–H and O–H groups in total. The third-order valence-corrected chi connectivity index (χ3v) is 5.63. The molecule has 0 aliphatic rings. The molecule has 1 aromatic carbocycles. The molecule has 0 atom stereocenters. The summed E-state index contributed by atoms with van der Waals surface area (Å²) < 4.78 is 25.9. The molecule has 0 fully saturated rings. The van der Waals surface area contributed by atoms with Gasteiger partial charge in [0.25, 0.3) is 0 Å². The lowest BCUT2D eigenvalue weighted by atomic mass is 10.1. The van der Waals surface area contributed by atoms with Gasteiger partial charge in [-0.1, -0.05) is 31.5 Å². The first-order valence-corrected chi connectivity index (χ1v) is 11.2. The molecule has 2 aromatic heterocycles. The minimum absolute atomic E-state index is 0.127. The molecule has 182 valence electrons. The number of amides is 1. The van der Waals surface area contributed by atoms with Gasteiger partial charge in [-0.05, 0) is 30.5 Å². The lowest BCUT2D eigenvalue weighted by Gasteiger charge is -2.12. The lowest BCUT2D eigenvalue weighted by Crippen LogP contribution is -2.20. The number of aromatic nitrogens is 2. The van der Waals surface area contributed by atoms with Crippen molar-refractivity contribution in [3.8, 4) is 0 Å². The summed E-state index contributed by atoms with van der Waals surface area (Å²) in [6, 6.07) is 6.24. The van der Waals surface area contributed by atoms with Crippen LogP contribution in [0.4, 0.5) is 15.8 Å². The summed E-state index contributed by atoms with van der Waals surface area (Å²) in [5.41, 5.74) is 1.88. The Balaban J connectivity index is 2.08. The van der Waals surface area contributed by atoms with E-state index in [-0.39, 0.29) is 24.5 Å². The monoisotopic (exact) mass is 490 g/mol. The fourth-order valence-corrected chi connectivity index (χ4v) is 3.79. The topological polar surface area (TPSA) is 94.5 Å². The van der Waals surface area contributed by atoms with Crippen LogP contribution >= 0.6 is 11.6 Å². The van der Waals surface area contributed by atoms with Crippen LogP contribution in [0.15, 0.2) is 30.5 Å². The van der Waals surface area contributed by atoms with Crippen LogP contribution in [-0.2, 0) is 27.4 Å². The van der Waals surface area contributed by atoms with E-state index in [1.165, 1.54) is 26.4 Å². The minimum Gasteiger partial charge on any atom is -0.464 e. The van der Waals surface area contributed by atoms with Gasteiger partial charge in [0.15, 0.2) is 5.69 Å². The molecule has 0 radical (unpaired) electrons. The number of hydrogen-bond acceptors (Lipinski definition) is 6. The number of nitrogens with zero attached hydrogens (tertiary/aromatic N) is 2. The quantitative estimate of drug-likeness (QED) is 0.394. The van der Waals surface area contributed by atoms with E-state index in [1.54, 1.807) is 22.9 Å². The smallest absolute Gasteiger partial charge is 0.356 e. The highest BCUT2D eigenvalue weighted by atomic mass is 35.5. The van der Waals surface area contributed by atoms with Crippen LogP contribution in [0.25, 0.3) is 11.0 Å². The number of hydrogen-bond donors (Lipinski definition) is 2. The predicted octanol–water partition coefficient (Wildman–Crippen LogP) is 4.86. The van der Waals surface area contributed by atoms with Gasteiger partial charge < -0.3 is 24.7 Å². The summed E-state index contributed by atoms with van der Waals surface area (Å²) in [5.74, 6) is -1.07. The number of nitrogens with one attached hydrogen (secondary N) is 2. The number of carbonyl (C=O) groups is 2. The third kappa shape index (κ3) is 5.66. The molecule has 0 spiro atoms. The van der Waals surface area contributed by atoms with Gasteiger partial charge in [0.1, 0.15) is 18.1 Å². The van der Waals surface area contributed by atoms with Gasteiger partial charge in [0.05, 0.1) is 24.7 Å². The van der Waals surface area contributed by atoms with Crippen molar-refractivity contribution in [2.75, 3.05) is 31.5 Å². The molecule has 2 heterocycles. The standard InChI is InChI=1S/C24H28ClFN4O4/c1-14(2)8-9-30-22(24(32)34-4)21(29-20(31)13-33-3)16-10-15(11-28-23(16)30)27-12-17-18(25)6-5-7-19(17)26/h5-7,10-11,14,27H,8-9,12-13H2,1-4H3,(H,29,31). The fraction of sp³-hybridized carbons (Fsp3) is 0.375. The zero-order chi connectivity index (χ0) is 24.8. The van der Waals surface area contributed by atoms with Crippen molar-refractivity contribution in [3.05, 3.63) is 52.6 Å². The number of anilines is 2. The van der Waals surface area contributed by atoms with Gasteiger partial charge in [-0.25, -0.2) is 14.2 Å². The Morgan fingerprint density at radius 3 is 2.68 bits per heavy atom. The first kappa shape index (κ1) is 25.5. The van der Waals surface area contributed by atoms with E-state index < -0.39 is 17.7 Å². The van der Waals surface area contributed by atoms with E-state index in [0.29, 0.717) is 39.8 Å². The first-order chi connectivity index (χ1) is 16.3. The second-order valence-electron chi connectivity index (χ2n) is 8.18. The Morgan fingerprint density at radius 1 is 1.26 bits per heavy atom. The predicted molar refractivity (Wildman–Crippen MR) is 130 cm³/mol. The summed E-state index contributed by atoms with van der Waals surface area (Å²) in [5, 5.41) is 6.72. The SMILES string of the molecule is COCC(=O)Nc1c(C(=O)OC)n(CCC(C)C)c2ncc(NCc3c(F)cccc3Cl)cc12. The number of pyridine rings is 1. The van der Waals surface area contributed by atoms with Crippen molar-refractivity contribution in [1.82, 2.24) is 9.55 Å². The number of methoxy groups -OCH3 is 2. The summed E-state index contributed by atoms with van der Waals surface area (Å²) in [6.45, 7) is 4.60. The van der Waals surface area contributed by atoms with Crippen molar-refractivity contribution in [2.24, 2.45) is 5.92 Å². The van der Waals surface area contributed by atoms with Gasteiger partial charge in [0, 0.05) is 36.2 Å². The summed E-state index contributed by atoms with van der Waals surface area (Å²) >= 11 is 6.13. The minimum atomic E-state index is -0.595. The van der Waals surface area contributed by atoms with Gasteiger partial charge in [-0.2, -0.15) is 0 Å². The second-order valence-corrected chi connectivity index (χ2v) is 8.59. The Morgan fingerprint density at radius 2 is 2.03 bits per heavy atom. The molecule has 10 heteroatoms. The normalized spacial score (nSPS) is 11.1. The van der Waals surface area contributed by atoms with Crippen molar-refractivity contribution in [1.29, 1.82) is 0 Å². The molecular weight excluding hydrogens is 463 g/mol. The summed E-state index contributed by atoms with van der Waals surface area (Å²) in [4.78, 5) is 29.7. The van der Waals surface area contributed by atoms with E-state index >= 15 is 0 Å². The van der Waals surface area contributed by atoms with Crippen LogP contribution in [0.1, 0.15) is 36.3 Å². The van der Waals surface area contributed by atoms with E-state index in [0.717, 1.165) is 6.42 Å². The summed E-state index contributed by atoms with van der Waals surface area (Å²) in [7, 11) is 2.69. The zero-order valence-corrected chi connectivity index (χ0v) is 20.3. The molecule has 0 aliphatic carbocycles. The molecule has 8 nitrogen and oxygen atoms in total. The van der Waals surface area contributed by atoms with Gasteiger partial charge in [-0.15, -0.1) is 0 Å². The Bertz CT molecular complexity index is 1180. The van der Waals surface area contributed by atoms with Crippen LogP contribution in [-0.4, -0.2) is 42.3 Å². The van der Waals surface area contributed by atoms with Crippen molar-refractivity contribution in [2.45, 2.75) is 33.4 Å². The Labute approximate surface area is 202 Å². The van der Waals surface area contributed by atoms with Crippen LogP contribution < -0.4 is 10.6 Å². The molecule has 0 saturated carbocycles. The number of benzene rings is 1. The second kappa shape index (κ2) is 11.3. The molecule has 0 aliphatic heterocycles. The van der Waals surface area contributed by atoms with E-state index in [2.05, 4.69) is 29.5 Å². The van der Waals surface area contributed by atoms with Crippen LogP contribution in [0.2, 0.25) is 5.02 Å². The first-order valence-electron chi connectivity index (χ1n) is 10.8. The van der Waals surface area contributed by atoms with Gasteiger partial charge >= 0.3 is 5.97 Å². The maximum atomic E-state index is 14.2. The van der Waals surface area contributed by atoms with Crippen molar-refractivity contribution in [3.63, 3.8) is 0 Å². The number of carbonyl (C=O) groups excluding carboxylic acids is 2. The van der Waals surface area contributed by atoms with Crippen LogP contribution in [0.5, 0.6) is 0 Å². The maximum Gasteiger partial charge on any atom is 0.356 e. The molecule has 3 rings (SSSR count). The van der Waals surface area contributed by atoms with Crippen molar-refractivity contribution < 1.29 is 23.5 Å². The third-order valence-electron chi connectivity index (χ3n) is 5.28. The number of rotatable bonds is 10. The van der Waals surface area contributed by atoms with E-state index in [9.17, 15) is 14.0 Å². The number of aryl methyl sites for hydroxylation is 1. The maximum absolute atomic E-state index is 14.2. The Kier molecular flexibility index (Phi) is 8.46. The van der Waals surface area contributed by atoms with E-state index in [1.807, 2.05) is 0 Å². The van der Waals surface area contributed by atoms with Gasteiger partial charge in [0.2, 0.25) is 5.91 Å². The molecule has 0 unspecified atom stereocenters. The molecule has 34 heavy (non-hydrogen) atoms. The van der Waals surface area contributed by atoms with Gasteiger partial charge in [-0.3, -0.25) is 4.79 Å². The summed E-state index contributed by atoms with van der Waals surface area (Å²) in [6.07, 6.45) is 2.37. The largest absolute Gasteiger partial charge is 0.464 e. The highest BCUT2D eigenvalue weighted by Gasteiger charge is 2.26. The highest BCUT2D eigenvalue weighted by molar-refractivity contribution is 6.31. The molecule has 3 aromatic rings. The average Bonchev–Trinajstić information content (AvgIpc) is 3.09. The van der Waals surface area contributed by atoms with Crippen LogP contribution in [0, 0.1) is 11.7 Å². The molecular formula is C24H28ClFN4O4. The number of esters is 1. The zero-order valence-electron chi connectivity index (χ0n) is 19.6. The Hall–Kier alpha value is -3.17. The highest BCUT2D eigenvalue weighted by Crippen LogP contribution is 2.33.